The van der Waals surface area contributed by atoms with Crippen LogP contribution in [-0.4, -0.2) is 150 Å². The Labute approximate surface area is 350 Å². The molecule has 2 aromatic heterocycles. The number of aliphatic hydroxyl groups is 2. The summed E-state index contributed by atoms with van der Waals surface area (Å²) in [5.41, 5.74) is 0.418. The van der Waals surface area contributed by atoms with Crippen molar-refractivity contribution in [2.24, 2.45) is 0 Å². The van der Waals surface area contributed by atoms with E-state index in [-0.39, 0.29) is 66.1 Å². The van der Waals surface area contributed by atoms with Gasteiger partial charge in [-0.3, -0.25) is 9.11 Å². The molecule has 9 N–H and O–H groups in total. The Morgan fingerprint density at radius 2 is 0.983 bits per heavy atom. The van der Waals surface area contributed by atoms with Gasteiger partial charge in [-0.1, -0.05) is 30.7 Å². The van der Waals surface area contributed by atoms with Gasteiger partial charge < -0.3 is 46.6 Å². The predicted molar refractivity (Wildman–Crippen MR) is 231 cm³/mol. The van der Waals surface area contributed by atoms with Gasteiger partial charge in [-0.15, -0.1) is 0 Å². The summed E-state index contributed by atoms with van der Waals surface area (Å²) in [6.07, 6.45) is 6.87. The maximum Gasteiger partial charge on any atom is 0.295 e. The standard InChI is InChI=1S/C37H55N13O8S2/c1-49(2)20-8-17-38-33-43-32(10-6-5-7-22-51)44-36(46-33)41-28-15-13-26(30(24-28)59(53,54)55)11-12-27-14-16-29(25-31(27)60(56,57)58)42-37-47-34(39-18-9-21-50(3)4)45-35(48-37)40-19-23-52/h11-16,24-25,51-52H,5-10,17-23H2,1-4H3,(H,53,54,55)(H,56,57,58)(H2,38,41,43,44,46)(H3,39,40,42,45,47,48)/b12-11+. The van der Waals surface area contributed by atoms with Gasteiger partial charge in [-0.25, -0.2) is 0 Å². The van der Waals surface area contributed by atoms with E-state index < -0.39 is 30.0 Å². The molecular weight excluding hydrogens is 819 g/mol. The van der Waals surface area contributed by atoms with Gasteiger partial charge in [0.1, 0.15) is 15.6 Å². The van der Waals surface area contributed by atoms with Crippen molar-refractivity contribution in [3.63, 3.8) is 0 Å². The Balaban J connectivity index is 1.60. The Hall–Kier alpha value is -5.14. The number of anilines is 7. The van der Waals surface area contributed by atoms with Crippen molar-refractivity contribution < 1.29 is 36.2 Å². The lowest BCUT2D eigenvalue weighted by Crippen LogP contribution is -2.18. The van der Waals surface area contributed by atoms with E-state index in [1.807, 2.05) is 33.1 Å². The third kappa shape index (κ3) is 16.1. The summed E-state index contributed by atoms with van der Waals surface area (Å²) in [6, 6.07) is 8.15. The molecule has 0 aliphatic heterocycles. The molecule has 4 rings (SSSR count). The molecule has 2 heterocycles. The first-order valence-corrected chi connectivity index (χ1v) is 22.1. The van der Waals surface area contributed by atoms with Gasteiger partial charge in [0.05, 0.1) is 6.61 Å². The fourth-order valence-electron chi connectivity index (χ4n) is 5.57. The Morgan fingerprint density at radius 3 is 1.43 bits per heavy atom. The van der Waals surface area contributed by atoms with E-state index in [0.29, 0.717) is 37.7 Å². The average molecular weight is 874 g/mol. The first-order chi connectivity index (χ1) is 28.5. The highest BCUT2D eigenvalue weighted by Gasteiger charge is 2.19. The van der Waals surface area contributed by atoms with Crippen LogP contribution in [0.1, 0.15) is 49.1 Å². The zero-order chi connectivity index (χ0) is 43.7. The molecule has 0 saturated heterocycles. The first kappa shape index (κ1) is 47.5. The van der Waals surface area contributed by atoms with E-state index in [9.17, 15) is 31.0 Å². The minimum Gasteiger partial charge on any atom is -0.396 e. The molecule has 0 fully saturated rings. The molecule has 23 heteroatoms. The molecule has 0 aliphatic rings. The van der Waals surface area contributed by atoms with Crippen LogP contribution in [0.15, 0.2) is 46.2 Å². The number of aryl methyl sites for hydroxylation is 1. The summed E-state index contributed by atoms with van der Waals surface area (Å²) in [5.74, 6) is 1.37. The van der Waals surface area contributed by atoms with Crippen LogP contribution < -0.4 is 26.6 Å². The van der Waals surface area contributed by atoms with Gasteiger partial charge in [0, 0.05) is 44.0 Å². The molecular formula is C37H55N13O8S2. The van der Waals surface area contributed by atoms with Crippen LogP contribution in [0.25, 0.3) is 12.2 Å². The molecule has 0 atom stereocenters. The van der Waals surface area contributed by atoms with E-state index in [1.165, 1.54) is 42.5 Å². The van der Waals surface area contributed by atoms with Crippen molar-refractivity contribution in [2.75, 3.05) is 101 Å². The molecule has 0 bridgehead atoms. The Morgan fingerprint density at radius 1 is 0.550 bits per heavy atom. The number of nitrogens with zero attached hydrogens (tertiary/aromatic N) is 8. The van der Waals surface area contributed by atoms with Gasteiger partial charge in [0.25, 0.3) is 20.2 Å². The number of hydrogen-bond acceptors (Lipinski definition) is 19. The molecule has 0 unspecified atom stereocenters. The first-order valence-electron chi connectivity index (χ1n) is 19.2. The smallest absolute Gasteiger partial charge is 0.295 e. The minimum absolute atomic E-state index is 0.00181. The quantitative estimate of drug-likeness (QED) is 0.0249. The van der Waals surface area contributed by atoms with Crippen molar-refractivity contribution in [3.8, 4) is 0 Å². The van der Waals surface area contributed by atoms with E-state index >= 15 is 0 Å². The summed E-state index contributed by atoms with van der Waals surface area (Å²) in [4.78, 5) is 29.5. The van der Waals surface area contributed by atoms with Gasteiger partial charge in [0.15, 0.2) is 0 Å². The Kier molecular flexibility index (Phi) is 18.2. The molecule has 21 nitrogen and oxygen atoms in total. The molecule has 60 heavy (non-hydrogen) atoms. The van der Waals surface area contributed by atoms with Crippen LogP contribution in [-0.2, 0) is 26.7 Å². The van der Waals surface area contributed by atoms with Gasteiger partial charge in [-0.2, -0.15) is 46.7 Å². The molecule has 0 saturated carbocycles. The lowest BCUT2D eigenvalue weighted by Gasteiger charge is -2.13. The third-order valence-electron chi connectivity index (χ3n) is 8.44. The molecule has 0 radical (unpaired) electrons. The molecule has 328 valence electrons. The van der Waals surface area contributed by atoms with Crippen LogP contribution >= 0.6 is 0 Å². The van der Waals surface area contributed by atoms with E-state index in [0.717, 1.165) is 44.8 Å². The summed E-state index contributed by atoms with van der Waals surface area (Å²) in [5, 5.41) is 33.5. The van der Waals surface area contributed by atoms with Crippen LogP contribution in [0, 0.1) is 0 Å². The predicted octanol–water partition coefficient (Wildman–Crippen LogP) is 3.04. The zero-order valence-electron chi connectivity index (χ0n) is 34.1. The summed E-state index contributed by atoms with van der Waals surface area (Å²) in [7, 11) is -1.78. The number of rotatable bonds is 26. The monoisotopic (exact) mass is 873 g/mol. The van der Waals surface area contributed by atoms with E-state index in [4.69, 9.17) is 5.11 Å². The highest BCUT2D eigenvalue weighted by atomic mass is 32.2. The third-order valence-corrected chi connectivity index (χ3v) is 10.3. The highest BCUT2D eigenvalue weighted by molar-refractivity contribution is 7.86. The normalized spacial score (nSPS) is 12.0. The van der Waals surface area contributed by atoms with Gasteiger partial charge >= 0.3 is 0 Å². The second-order valence-electron chi connectivity index (χ2n) is 14.1. The molecule has 4 aromatic rings. The number of unbranched alkanes of at least 4 members (excludes halogenated alkanes) is 2. The topological polar surface area (TPSA) is 293 Å². The average Bonchev–Trinajstić information content (AvgIpc) is 3.18. The summed E-state index contributed by atoms with van der Waals surface area (Å²) >= 11 is 0. The fraction of sp³-hybridized carbons (Fsp3) is 0.459. The molecule has 2 aromatic carbocycles. The van der Waals surface area contributed by atoms with Gasteiger partial charge in [-0.05, 0) is 102 Å². The lowest BCUT2D eigenvalue weighted by atomic mass is 10.1. The maximum atomic E-state index is 12.6. The molecule has 0 spiro atoms. The van der Waals surface area contributed by atoms with Crippen molar-refractivity contribution in [3.05, 3.63) is 53.3 Å². The minimum atomic E-state index is -4.83. The van der Waals surface area contributed by atoms with Crippen molar-refractivity contribution in [1.29, 1.82) is 0 Å². The van der Waals surface area contributed by atoms with Gasteiger partial charge in [0.2, 0.25) is 29.7 Å². The Bertz CT molecular complexity index is 2260. The second kappa shape index (κ2) is 23.0. The van der Waals surface area contributed by atoms with Crippen molar-refractivity contribution in [2.45, 2.75) is 48.3 Å². The van der Waals surface area contributed by atoms with E-state index in [1.54, 1.807) is 0 Å². The number of benzene rings is 2. The summed E-state index contributed by atoms with van der Waals surface area (Å²) in [6.45, 7) is 2.90. The highest BCUT2D eigenvalue weighted by Crippen LogP contribution is 2.28. The van der Waals surface area contributed by atoms with Crippen molar-refractivity contribution >= 4 is 73.5 Å². The fourth-order valence-corrected chi connectivity index (χ4v) is 6.99. The zero-order valence-corrected chi connectivity index (χ0v) is 35.8. The van der Waals surface area contributed by atoms with Crippen molar-refractivity contribution in [1.82, 2.24) is 39.7 Å². The number of nitrogens with one attached hydrogen (secondary N) is 5. The second-order valence-corrected chi connectivity index (χ2v) is 16.9. The summed E-state index contributed by atoms with van der Waals surface area (Å²) < 4.78 is 70.9. The number of hydrogen-bond donors (Lipinski definition) is 9. The van der Waals surface area contributed by atoms with Crippen LogP contribution in [0.5, 0.6) is 0 Å². The van der Waals surface area contributed by atoms with Crippen LogP contribution in [0.2, 0.25) is 0 Å². The van der Waals surface area contributed by atoms with Crippen LogP contribution in [0.3, 0.4) is 0 Å². The maximum absolute atomic E-state index is 12.6. The molecule has 0 amide bonds. The number of aliphatic hydroxyl groups excluding tert-OH is 2. The molecule has 0 aliphatic carbocycles. The van der Waals surface area contributed by atoms with Crippen LogP contribution in [0.4, 0.5) is 41.1 Å². The number of aromatic nitrogens is 6. The SMILES string of the molecule is CN(C)CCCNc1nc(CCCCCO)nc(Nc2ccc(/C=C/c3ccc(Nc4nc(NCCO)nc(NCCCN(C)C)n4)cc3S(=O)(=O)O)c(S(=O)(=O)O)c2)n1. The largest absolute Gasteiger partial charge is 0.396 e. The lowest BCUT2D eigenvalue weighted by molar-refractivity contribution is 0.283. The van der Waals surface area contributed by atoms with E-state index in [2.05, 4.69) is 61.4 Å².